The van der Waals surface area contributed by atoms with Crippen LogP contribution < -0.4 is 0 Å². The van der Waals surface area contributed by atoms with Gasteiger partial charge in [0.2, 0.25) is 0 Å². The number of carbonyl (C=O) groups is 1. The molecule has 28 heavy (non-hydrogen) atoms. The quantitative estimate of drug-likeness (QED) is 0.566. The summed E-state index contributed by atoms with van der Waals surface area (Å²) < 4.78 is 0. The highest BCUT2D eigenvalue weighted by Crippen LogP contribution is 2.28. The summed E-state index contributed by atoms with van der Waals surface area (Å²) in [4.78, 5) is 16.9. The SMILES string of the molecule is O=C(O)c1ccc2c(CCCCN3CCC(c4ccccc4)CC3)c[nH]c2c1. The Morgan fingerprint density at radius 1 is 1.07 bits per heavy atom. The Morgan fingerprint density at radius 2 is 1.86 bits per heavy atom. The number of fused-ring (bicyclic) bond motifs is 1. The molecule has 4 heteroatoms. The molecule has 1 saturated heterocycles. The number of hydrogen-bond donors (Lipinski definition) is 2. The number of aromatic nitrogens is 1. The second-order valence-corrected chi connectivity index (χ2v) is 7.86. The van der Waals surface area contributed by atoms with Gasteiger partial charge in [0, 0.05) is 17.1 Å². The standard InChI is InChI=1S/C24H28N2O2/c27-24(28)20-9-10-22-21(17-25-23(22)16-20)8-4-5-13-26-14-11-19(12-15-26)18-6-2-1-3-7-18/h1-3,6-7,9-10,16-17,19,25H,4-5,8,11-15H2,(H,27,28). The maximum atomic E-state index is 11.1. The van der Waals surface area contributed by atoms with E-state index < -0.39 is 5.97 Å². The summed E-state index contributed by atoms with van der Waals surface area (Å²) in [5.41, 5.74) is 4.03. The van der Waals surface area contributed by atoms with Crippen LogP contribution in [-0.4, -0.2) is 40.6 Å². The minimum Gasteiger partial charge on any atom is -0.478 e. The lowest BCUT2D eigenvalue weighted by atomic mass is 9.89. The number of carboxylic acid groups (broad SMARTS) is 1. The summed E-state index contributed by atoms with van der Waals surface area (Å²) >= 11 is 0. The van der Waals surface area contributed by atoms with Crippen LogP contribution in [0.5, 0.6) is 0 Å². The van der Waals surface area contributed by atoms with Crippen molar-refractivity contribution < 1.29 is 9.90 Å². The summed E-state index contributed by atoms with van der Waals surface area (Å²) in [6.07, 6.45) is 7.95. The number of carboxylic acids is 1. The van der Waals surface area contributed by atoms with Crippen LogP contribution in [0.2, 0.25) is 0 Å². The zero-order valence-corrected chi connectivity index (χ0v) is 16.2. The first kappa shape index (κ1) is 18.8. The third kappa shape index (κ3) is 4.28. The number of rotatable bonds is 7. The molecule has 0 saturated carbocycles. The molecule has 4 rings (SSSR count). The Balaban J connectivity index is 1.22. The van der Waals surface area contributed by atoms with Gasteiger partial charge in [-0.15, -0.1) is 0 Å². The second-order valence-electron chi connectivity index (χ2n) is 7.86. The van der Waals surface area contributed by atoms with Crippen LogP contribution >= 0.6 is 0 Å². The average molecular weight is 377 g/mol. The lowest BCUT2D eigenvalue weighted by molar-refractivity contribution is 0.0697. The molecule has 2 N–H and O–H groups in total. The van der Waals surface area contributed by atoms with Crippen molar-refractivity contribution in [2.24, 2.45) is 0 Å². The van der Waals surface area contributed by atoms with Crippen molar-refractivity contribution in [3.05, 3.63) is 71.4 Å². The molecule has 2 heterocycles. The van der Waals surface area contributed by atoms with E-state index in [0.29, 0.717) is 5.56 Å². The van der Waals surface area contributed by atoms with Gasteiger partial charge in [-0.25, -0.2) is 4.79 Å². The van der Waals surface area contributed by atoms with E-state index in [4.69, 9.17) is 5.11 Å². The molecule has 0 spiro atoms. The third-order valence-electron chi connectivity index (χ3n) is 6.04. The molecular formula is C24H28N2O2. The van der Waals surface area contributed by atoms with E-state index in [9.17, 15) is 4.79 Å². The number of aromatic amines is 1. The molecule has 1 aromatic heterocycles. The fraction of sp³-hybridized carbons (Fsp3) is 0.375. The minimum absolute atomic E-state index is 0.333. The summed E-state index contributed by atoms with van der Waals surface area (Å²) in [5.74, 6) is -0.159. The number of nitrogens with zero attached hydrogens (tertiary/aromatic N) is 1. The molecule has 0 atom stereocenters. The Bertz CT molecular complexity index is 924. The Labute approximate surface area is 166 Å². The van der Waals surface area contributed by atoms with E-state index in [1.165, 1.54) is 50.0 Å². The number of aromatic carboxylic acids is 1. The van der Waals surface area contributed by atoms with E-state index in [-0.39, 0.29) is 0 Å². The number of piperidine rings is 1. The molecule has 1 aliphatic rings. The van der Waals surface area contributed by atoms with E-state index in [0.717, 1.165) is 29.7 Å². The van der Waals surface area contributed by atoms with Gasteiger partial charge in [0.15, 0.2) is 0 Å². The van der Waals surface area contributed by atoms with Crippen LogP contribution in [-0.2, 0) is 6.42 Å². The zero-order chi connectivity index (χ0) is 19.3. The van der Waals surface area contributed by atoms with E-state index in [1.54, 1.807) is 12.1 Å². The molecular weight excluding hydrogens is 348 g/mol. The zero-order valence-electron chi connectivity index (χ0n) is 16.2. The number of aryl methyl sites for hydroxylation is 1. The van der Waals surface area contributed by atoms with Crippen LogP contribution in [0.1, 0.15) is 53.1 Å². The van der Waals surface area contributed by atoms with Crippen LogP contribution in [0.3, 0.4) is 0 Å². The highest BCUT2D eigenvalue weighted by atomic mass is 16.4. The summed E-state index contributed by atoms with van der Waals surface area (Å²) in [7, 11) is 0. The van der Waals surface area contributed by atoms with Crippen molar-refractivity contribution in [2.75, 3.05) is 19.6 Å². The van der Waals surface area contributed by atoms with Gasteiger partial charge in [0.25, 0.3) is 0 Å². The molecule has 0 bridgehead atoms. The van der Waals surface area contributed by atoms with Crippen LogP contribution in [0.4, 0.5) is 0 Å². The van der Waals surface area contributed by atoms with Crippen molar-refractivity contribution in [3.8, 4) is 0 Å². The maximum absolute atomic E-state index is 11.1. The minimum atomic E-state index is -0.880. The summed E-state index contributed by atoms with van der Waals surface area (Å²) in [6.45, 7) is 3.57. The Hall–Kier alpha value is -2.59. The van der Waals surface area contributed by atoms with Crippen molar-refractivity contribution in [2.45, 2.75) is 38.0 Å². The third-order valence-corrected chi connectivity index (χ3v) is 6.04. The molecule has 0 aliphatic carbocycles. The van der Waals surface area contributed by atoms with E-state index >= 15 is 0 Å². The van der Waals surface area contributed by atoms with Crippen molar-refractivity contribution in [3.63, 3.8) is 0 Å². The first-order valence-electron chi connectivity index (χ1n) is 10.3. The lowest BCUT2D eigenvalue weighted by Gasteiger charge is -2.32. The van der Waals surface area contributed by atoms with Gasteiger partial charge in [-0.1, -0.05) is 36.4 Å². The predicted molar refractivity (Wildman–Crippen MR) is 113 cm³/mol. The smallest absolute Gasteiger partial charge is 0.335 e. The first-order valence-corrected chi connectivity index (χ1v) is 10.3. The lowest BCUT2D eigenvalue weighted by Crippen LogP contribution is -2.33. The molecule has 0 amide bonds. The predicted octanol–water partition coefficient (Wildman–Crippen LogP) is 5.07. The van der Waals surface area contributed by atoms with Crippen molar-refractivity contribution >= 4 is 16.9 Å². The van der Waals surface area contributed by atoms with Crippen molar-refractivity contribution in [1.29, 1.82) is 0 Å². The van der Waals surface area contributed by atoms with Crippen LogP contribution in [0, 0.1) is 0 Å². The second kappa shape index (κ2) is 8.61. The molecule has 4 nitrogen and oxygen atoms in total. The molecule has 0 radical (unpaired) electrons. The fourth-order valence-electron chi connectivity index (χ4n) is 4.39. The normalized spacial score (nSPS) is 15.9. The van der Waals surface area contributed by atoms with Crippen LogP contribution in [0.25, 0.3) is 10.9 Å². The van der Waals surface area contributed by atoms with Gasteiger partial charge < -0.3 is 15.0 Å². The fourth-order valence-corrected chi connectivity index (χ4v) is 4.39. The first-order chi connectivity index (χ1) is 13.7. The Kier molecular flexibility index (Phi) is 5.77. The molecule has 0 unspecified atom stereocenters. The number of hydrogen-bond acceptors (Lipinski definition) is 2. The molecule has 3 aromatic rings. The number of H-pyrrole nitrogens is 1. The number of nitrogens with one attached hydrogen (secondary N) is 1. The topological polar surface area (TPSA) is 56.3 Å². The molecule has 1 aliphatic heterocycles. The number of likely N-dealkylation sites (tertiary alicyclic amines) is 1. The van der Waals surface area contributed by atoms with Gasteiger partial charge in [-0.2, -0.15) is 0 Å². The number of benzene rings is 2. The molecule has 146 valence electrons. The van der Waals surface area contributed by atoms with Gasteiger partial charge in [0.05, 0.1) is 5.56 Å². The summed E-state index contributed by atoms with van der Waals surface area (Å²) in [6, 6.07) is 16.3. The largest absolute Gasteiger partial charge is 0.478 e. The van der Waals surface area contributed by atoms with E-state index in [1.807, 2.05) is 12.3 Å². The van der Waals surface area contributed by atoms with Crippen LogP contribution in [0.15, 0.2) is 54.7 Å². The van der Waals surface area contributed by atoms with E-state index in [2.05, 4.69) is 40.2 Å². The van der Waals surface area contributed by atoms with Gasteiger partial charge >= 0.3 is 5.97 Å². The molecule has 2 aromatic carbocycles. The van der Waals surface area contributed by atoms with Gasteiger partial charge in [-0.05, 0) is 80.9 Å². The highest BCUT2D eigenvalue weighted by Gasteiger charge is 2.19. The molecule has 1 fully saturated rings. The highest BCUT2D eigenvalue weighted by molar-refractivity contribution is 5.94. The van der Waals surface area contributed by atoms with Gasteiger partial charge in [0.1, 0.15) is 0 Å². The summed E-state index contributed by atoms with van der Waals surface area (Å²) in [5, 5.41) is 10.3. The maximum Gasteiger partial charge on any atom is 0.335 e. The average Bonchev–Trinajstić information content (AvgIpc) is 3.14. The van der Waals surface area contributed by atoms with Gasteiger partial charge in [-0.3, -0.25) is 0 Å². The Morgan fingerprint density at radius 3 is 2.61 bits per heavy atom. The van der Waals surface area contributed by atoms with Crippen molar-refractivity contribution in [1.82, 2.24) is 9.88 Å². The number of unbranched alkanes of at least 4 members (excludes halogenated alkanes) is 1. The monoisotopic (exact) mass is 376 g/mol.